The molecule has 4 nitrogen and oxygen atoms in total. The second-order valence-corrected chi connectivity index (χ2v) is 4.09. The molecule has 4 heteroatoms. The van der Waals surface area contributed by atoms with Gasteiger partial charge < -0.3 is 10.1 Å². The van der Waals surface area contributed by atoms with Crippen LogP contribution in [0.1, 0.15) is 11.8 Å². The fourth-order valence-electron chi connectivity index (χ4n) is 2.22. The van der Waals surface area contributed by atoms with Gasteiger partial charge in [-0.05, 0) is 6.07 Å². The number of hydrogen-bond acceptors (Lipinski definition) is 3. The van der Waals surface area contributed by atoms with Gasteiger partial charge in [-0.15, -0.1) is 0 Å². The second-order valence-electron chi connectivity index (χ2n) is 4.09. The van der Waals surface area contributed by atoms with Gasteiger partial charge in [-0.1, -0.05) is 18.2 Å². The molecule has 1 N–H and O–H groups in total. The predicted octanol–water partition coefficient (Wildman–Crippen LogP) is 1.23. The van der Waals surface area contributed by atoms with Crippen molar-refractivity contribution in [2.24, 2.45) is 7.05 Å². The first-order chi connectivity index (χ1) is 7.86. The number of para-hydroxylation sites is 1. The van der Waals surface area contributed by atoms with E-state index in [0.717, 1.165) is 30.9 Å². The Bertz CT molecular complexity index is 500. The lowest BCUT2D eigenvalue weighted by Gasteiger charge is -2.22. The van der Waals surface area contributed by atoms with Gasteiger partial charge in [-0.3, -0.25) is 4.68 Å². The van der Waals surface area contributed by atoms with Crippen LogP contribution < -0.4 is 5.32 Å². The molecule has 1 aromatic carbocycles. The Morgan fingerprint density at radius 2 is 2.31 bits per heavy atom. The summed E-state index contributed by atoms with van der Waals surface area (Å²) in [6.45, 7) is 2.54. The molecule has 16 heavy (non-hydrogen) atoms. The van der Waals surface area contributed by atoms with E-state index >= 15 is 0 Å². The molecule has 1 atom stereocenters. The molecule has 0 aliphatic carbocycles. The SMILES string of the molecule is Cn1nc(C2CNCCO2)c2ccccc21. The number of nitrogens with one attached hydrogen (secondary N) is 1. The molecule has 1 aliphatic rings. The van der Waals surface area contributed by atoms with E-state index in [-0.39, 0.29) is 6.10 Å². The standard InChI is InChI=1S/C12H15N3O/c1-15-10-5-3-2-4-9(10)12(14-15)11-8-13-6-7-16-11/h2-5,11,13H,6-8H2,1H3. The number of ether oxygens (including phenoxy) is 1. The van der Waals surface area contributed by atoms with E-state index in [1.54, 1.807) is 0 Å². The Morgan fingerprint density at radius 3 is 3.12 bits per heavy atom. The van der Waals surface area contributed by atoms with E-state index in [4.69, 9.17) is 4.74 Å². The highest BCUT2D eigenvalue weighted by molar-refractivity contribution is 5.82. The van der Waals surface area contributed by atoms with Gasteiger partial charge in [0.1, 0.15) is 11.8 Å². The third-order valence-electron chi connectivity index (χ3n) is 3.02. The number of aryl methyl sites for hydroxylation is 1. The summed E-state index contributed by atoms with van der Waals surface area (Å²) in [5.74, 6) is 0. The summed E-state index contributed by atoms with van der Waals surface area (Å²) in [6.07, 6.45) is 0.0832. The van der Waals surface area contributed by atoms with Crippen molar-refractivity contribution in [2.75, 3.05) is 19.7 Å². The molecule has 84 valence electrons. The largest absolute Gasteiger partial charge is 0.369 e. The Labute approximate surface area is 94.2 Å². The second kappa shape index (κ2) is 3.88. The van der Waals surface area contributed by atoms with Crippen molar-refractivity contribution in [3.05, 3.63) is 30.0 Å². The smallest absolute Gasteiger partial charge is 0.114 e. The van der Waals surface area contributed by atoms with Crippen LogP contribution in [0.4, 0.5) is 0 Å². The van der Waals surface area contributed by atoms with Crippen LogP contribution in [0, 0.1) is 0 Å². The van der Waals surface area contributed by atoms with E-state index in [9.17, 15) is 0 Å². The number of benzene rings is 1. The predicted molar refractivity (Wildman–Crippen MR) is 62.3 cm³/mol. The average Bonchev–Trinajstić information content (AvgIpc) is 2.69. The lowest BCUT2D eigenvalue weighted by molar-refractivity contribution is 0.0255. The topological polar surface area (TPSA) is 39.1 Å². The van der Waals surface area contributed by atoms with Crippen molar-refractivity contribution in [1.29, 1.82) is 0 Å². The number of morpholine rings is 1. The zero-order chi connectivity index (χ0) is 11.0. The maximum Gasteiger partial charge on any atom is 0.114 e. The molecule has 0 amide bonds. The van der Waals surface area contributed by atoms with Crippen LogP contribution in [-0.2, 0) is 11.8 Å². The Kier molecular flexibility index (Phi) is 2.38. The van der Waals surface area contributed by atoms with E-state index in [1.165, 1.54) is 5.39 Å². The zero-order valence-corrected chi connectivity index (χ0v) is 9.31. The molecule has 2 heterocycles. The van der Waals surface area contributed by atoms with Crippen LogP contribution in [0.5, 0.6) is 0 Å². The molecule has 0 radical (unpaired) electrons. The van der Waals surface area contributed by atoms with Crippen molar-refractivity contribution in [3.8, 4) is 0 Å². The summed E-state index contributed by atoms with van der Waals surface area (Å²) in [4.78, 5) is 0. The van der Waals surface area contributed by atoms with Gasteiger partial charge in [0.25, 0.3) is 0 Å². The number of hydrogen-bond donors (Lipinski definition) is 1. The minimum absolute atomic E-state index is 0.0832. The molecule has 1 unspecified atom stereocenters. The van der Waals surface area contributed by atoms with Gasteiger partial charge in [0.15, 0.2) is 0 Å². The van der Waals surface area contributed by atoms with Gasteiger partial charge in [0.2, 0.25) is 0 Å². The first-order valence-electron chi connectivity index (χ1n) is 5.60. The summed E-state index contributed by atoms with van der Waals surface area (Å²) in [6, 6.07) is 8.27. The van der Waals surface area contributed by atoms with Crippen LogP contribution in [0.3, 0.4) is 0 Å². The quantitative estimate of drug-likeness (QED) is 0.781. The molecule has 1 aliphatic heterocycles. The van der Waals surface area contributed by atoms with Gasteiger partial charge in [0, 0.05) is 25.5 Å². The highest BCUT2D eigenvalue weighted by Gasteiger charge is 2.21. The van der Waals surface area contributed by atoms with Crippen molar-refractivity contribution in [3.63, 3.8) is 0 Å². The van der Waals surface area contributed by atoms with Gasteiger partial charge in [-0.25, -0.2) is 0 Å². The monoisotopic (exact) mass is 217 g/mol. The van der Waals surface area contributed by atoms with Crippen molar-refractivity contribution in [2.45, 2.75) is 6.10 Å². The normalized spacial score (nSPS) is 21.4. The first-order valence-corrected chi connectivity index (χ1v) is 5.60. The van der Waals surface area contributed by atoms with Crippen molar-refractivity contribution >= 4 is 10.9 Å². The minimum atomic E-state index is 0.0832. The number of fused-ring (bicyclic) bond motifs is 1. The van der Waals surface area contributed by atoms with Crippen LogP contribution in [0.25, 0.3) is 10.9 Å². The van der Waals surface area contributed by atoms with E-state index in [1.807, 2.05) is 23.9 Å². The van der Waals surface area contributed by atoms with Crippen molar-refractivity contribution < 1.29 is 4.74 Å². The van der Waals surface area contributed by atoms with Crippen LogP contribution in [0.2, 0.25) is 0 Å². The van der Waals surface area contributed by atoms with Gasteiger partial charge in [-0.2, -0.15) is 5.10 Å². The maximum absolute atomic E-state index is 5.75. The number of aromatic nitrogens is 2. The molecule has 1 fully saturated rings. The minimum Gasteiger partial charge on any atom is -0.369 e. The van der Waals surface area contributed by atoms with E-state index < -0.39 is 0 Å². The Balaban J connectivity index is 2.08. The molecule has 0 bridgehead atoms. The third kappa shape index (κ3) is 1.50. The molecular weight excluding hydrogens is 202 g/mol. The summed E-state index contributed by atoms with van der Waals surface area (Å²) >= 11 is 0. The molecule has 1 aromatic heterocycles. The summed E-state index contributed by atoms with van der Waals surface area (Å²) in [5, 5.41) is 9.09. The van der Waals surface area contributed by atoms with Gasteiger partial charge in [0.05, 0.1) is 12.1 Å². The average molecular weight is 217 g/mol. The third-order valence-corrected chi connectivity index (χ3v) is 3.02. The van der Waals surface area contributed by atoms with Crippen LogP contribution in [0.15, 0.2) is 24.3 Å². The summed E-state index contributed by atoms with van der Waals surface area (Å²) in [7, 11) is 1.97. The fraction of sp³-hybridized carbons (Fsp3) is 0.417. The molecule has 1 saturated heterocycles. The molecule has 2 aromatic rings. The lowest BCUT2D eigenvalue weighted by Crippen LogP contribution is -2.33. The van der Waals surface area contributed by atoms with Gasteiger partial charge >= 0.3 is 0 Å². The summed E-state index contributed by atoms with van der Waals surface area (Å²) in [5.41, 5.74) is 2.21. The van der Waals surface area contributed by atoms with Crippen LogP contribution >= 0.6 is 0 Å². The number of nitrogens with zero attached hydrogens (tertiary/aromatic N) is 2. The molecule has 0 saturated carbocycles. The van der Waals surface area contributed by atoms with E-state index in [0.29, 0.717) is 0 Å². The zero-order valence-electron chi connectivity index (χ0n) is 9.31. The fourth-order valence-corrected chi connectivity index (χ4v) is 2.22. The Hall–Kier alpha value is -1.39. The van der Waals surface area contributed by atoms with Crippen LogP contribution in [-0.4, -0.2) is 29.5 Å². The van der Waals surface area contributed by atoms with Crippen molar-refractivity contribution in [1.82, 2.24) is 15.1 Å². The Morgan fingerprint density at radius 1 is 1.44 bits per heavy atom. The highest BCUT2D eigenvalue weighted by atomic mass is 16.5. The lowest BCUT2D eigenvalue weighted by atomic mass is 10.1. The first kappa shape index (κ1) is 9.81. The maximum atomic E-state index is 5.75. The molecular formula is C12H15N3O. The highest BCUT2D eigenvalue weighted by Crippen LogP contribution is 2.25. The van der Waals surface area contributed by atoms with E-state index in [2.05, 4.69) is 22.5 Å². The summed E-state index contributed by atoms with van der Waals surface area (Å²) < 4.78 is 7.67. The number of rotatable bonds is 1. The molecule has 3 rings (SSSR count). The molecule has 0 spiro atoms.